The van der Waals surface area contributed by atoms with Gasteiger partial charge in [0.2, 0.25) is 0 Å². The third-order valence-electron chi connectivity index (χ3n) is 2.24. The molecule has 0 bridgehead atoms. The van der Waals surface area contributed by atoms with Crippen molar-refractivity contribution in [1.29, 1.82) is 0 Å². The largest absolute Gasteiger partial charge is 0.810 e. The molecule has 1 aliphatic rings. The number of hydrogen-bond donors (Lipinski definition) is 1. The predicted molar refractivity (Wildman–Crippen MR) is 59.5 cm³/mol. The van der Waals surface area contributed by atoms with Crippen molar-refractivity contribution < 1.29 is 19.6 Å². The molecule has 1 aromatic rings. The molecule has 16 heavy (non-hydrogen) atoms. The Kier molecular flexibility index (Phi) is 7.10. The van der Waals surface area contributed by atoms with Crippen LogP contribution in [0.15, 0.2) is 30.3 Å². The van der Waals surface area contributed by atoms with Crippen LogP contribution in [0.2, 0.25) is 0 Å². The number of rotatable bonds is 2. The maximum absolute atomic E-state index is 9.98. The fourth-order valence-electron chi connectivity index (χ4n) is 1.47. The Bertz CT molecular complexity index is 254. The molecular formula is C11H17NO3P-. The van der Waals surface area contributed by atoms with E-state index in [9.17, 15) is 9.79 Å². The molecule has 1 saturated heterocycles. The van der Waals surface area contributed by atoms with Gasteiger partial charge in [-0.3, -0.25) is 0 Å². The highest BCUT2D eigenvalue weighted by Crippen LogP contribution is 2.20. The first-order valence-corrected chi connectivity index (χ1v) is 6.57. The van der Waals surface area contributed by atoms with E-state index >= 15 is 0 Å². The van der Waals surface area contributed by atoms with Crippen molar-refractivity contribution in [1.82, 2.24) is 0 Å². The molecule has 2 N–H and O–H groups in total. The quantitative estimate of drug-likeness (QED) is 0.727. The number of hydrogen-bond acceptors (Lipinski definition) is 3. The molecule has 0 aromatic heterocycles. The highest BCUT2D eigenvalue weighted by Gasteiger charge is 1.97. The van der Waals surface area contributed by atoms with Gasteiger partial charge in [0, 0.05) is 0 Å². The van der Waals surface area contributed by atoms with Crippen LogP contribution in [0.25, 0.3) is 0 Å². The molecule has 1 heterocycles. The predicted octanol–water partition coefficient (Wildman–Crippen LogP) is -0.253. The number of quaternary nitrogens is 1. The number of benzene rings is 1. The third-order valence-corrected chi connectivity index (χ3v) is 2.60. The minimum absolute atomic E-state index is 0.346. The van der Waals surface area contributed by atoms with Gasteiger partial charge in [0.15, 0.2) is 0 Å². The van der Waals surface area contributed by atoms with Gasteiger partial charge in [0.25, 0.3) is 0 Å². The molecule has 0 spiro atoms. The molecule has 0 saturated carbocycles. The molecule has 0 amide bonds. The third kappa shape index (κ3) is 6.75. The smallest absolute Gasteiger partial charge is 0.119 e. The average Bonchev–Trinajstić information content (AvgIpc) is 2.32. The normalized spacial score (nSPS) is 15.2. The molecule has 5 heteroatoms. The van der Waals surface area contributed by atoms with E-state index in [2.05, 4.69) is 9.84 Å². The number of piperidine rings is 1. The fraction of sp³-hybridized carbons (Fsp3) is 0.455. The molecule has 1 fully saturated rings. The lowest BCUT2D eigenvalue weighted by molar-refractivity contribution is -0.662. The van der Waals surface area contributed by atoms with Crippen molar-refractivity contribution in [3.05, 3.63) is 30.3 Å². The first-order chi connectivity index (χ1) is 7.79. The van der Waals surface area contributed by atoms with Crippen LogP contribution < -0.4 is 19.6 Å². The van der Waals surface area contributed by atoms with Gasteiger partial charge in [-0.25, -0.2) is 0 Å². The van der Waals surface area contributed by atoms with E-state index in [1.54, 1.807) is 30.3 Å². The average molecular weight is 242 g/mol. The second-order valence-electron chi connectivity index (χ2n) is 3.55. The molecule has 1 aromatic carbocycles. The maximum Gasteiger partial charge on any atom is 0.119 e. The molecule has 4 nitrogen and oxygen atoms in total. The van der Waals surface area contributed by atoms with E-state index in [0.717, 1.165) is 0 Å². The van der Waals surface area contributed by atoms with E-state index in [0.29, 0.717) is 5.75 Å². The van der Waals surface area contributed by atoms with E-state index in [4.69, 9.17) is 0 Å². The van der Waals surface area contributed by atoms with E-state index in [1.807, 2.05) is 0 Å². The zero-order chi connectivity index (χ0) is 11.6. The Hall–Kier alpha value is -0.670. The zero-order valence-electron chi connectivity index (χ0n) is 9.17. The summed E-state index contributed by atoms with van der Waals surface area (Å²) in [6, 6.07) is 8.34. The minimum Gasteiger partial charge on any atom is -0.810 e. The first-order valence-electron chi connectivity index (χ1n) is 5.48. The molecule has 90 valence electrons. The Labute approximate surface area is 97.3 Å². The SMILES string of the molecule is C1CC[NH2+]CC1.[O-]P([O-])Oc1ccccc1. The van der Waals surface area contributed by atoms with Crippen LogP contribution in [0.1, 0.15) is 19.3 Å². The standard InChI is InChI=1S/C6H5O3P.C5H11N/c7-10(8)9-6-4-2-1-3-5-6;1-2-4-6-5-3-1/h1-5H;6H,1-5H2/q-2;/p+1. The summed E-state index contributed by atoms with van der Waals surface area (Å²) < 4.78 is 4.37. The Morgan fingerprint density at radius 1 is 1.00 bits per heavy atom. The van der Waals surface area contributed by atoms with E-state index in [-0.39, 0.29) is 0 Å². The van der Waals surface area contributed by atoms with Crippen LogP contribution in [0.5, 0.6) is 5.75 Å². The van der Waals surface area contributed by atoms with Crippen LogP contribution in [0.4, 0.5) is 0 Å². The lowest BCUT2D eigenvalue weighted by atomic mass is 10.2. The summed E-state index contributed by atoms with van der Waals surface area (Å²) in [5, 5.41) is 2.39. The second-order valence-corrected chi connectivity index (χ2v) is 4.18. The van der Waals surface area contributed by atoms with Crippen molar-refractivity contribution in [3.8, 4) is 5.75 Å². The van der Waals surface area contributed by atoms with Crippen molar-refractivity contribution in [2.24, 2.45) is 0 Å². The van der Waals surface area contributed by atoms with Crippen LogP contribution in [0.3, 0.4) is 0 Å². The number of nitrogens with two attached hydrogens (primary N) is 1. The van der Waals surface area contributed by atoms with Gasteiger partial charge in [-0.15, -0.1) is 0 Å². The Morgan fingerprint density at radius 3 is 2.00 bits per heavy atom. The Morgan fingerprint density at radius 2 is 1.62 bits per heavy atom. The van der Waals surface area contributed by atoms with Gasteiger partial charge in [0.1, 0.15) is 5.75 Å². The van der Waals surface area contributed by atoms with Gasteiger partial charge in [-0.1, -0.05) is 26.8 Å². The summed E-state index contributed by atoms with van der Waals surface area (Å²) >= 11 is 0. The highest BCUT2D eigenvalue weighted by atomic mass is 31.2. The van der Waals surface area contributed by atoms with Crippen molar-refractivity contribution >= 4 is 8.60 Å². The van der Waals surface area contributed by atoms with Gasteiger partial charge in [-0.05, 0) is 31.4 Å². The molecule has 0 aliphatic carbocycles. The molecule has 0 unspecified atom stereocenters. The molecule has 0 atom stereocenters. The fourth-order valence-corrected chi connectivity index (χ4v) is 1.76. The first kappa shape index (κ1) is 13.4. The highest BCUT2D eigenvalue weighted by molar-refractivity contribution is 7.36. The van der Waals surface area contributed by atoms with Gasteiger partial charge in [-0.2, -0.15) is 0 Å². The topological polar surface area (TPSA) is 72.0 Å². The molecule has 1 aliphatic heterocycles. The van der Waals surface area contributed by atoms with Crippen LogP contribution in [-0.4, -0.2) is 13.1 Å². The zero-order valence-corrected chi connectivity index (χ0v) is 10.1. The van der Waals surface area contributed by atoms with Gasteiger partial charge >= 0.3 is 0 Å². The summed E-state index contributed by atoms with van der Waals surface area (Å²) in [6.45, 7) is 2.75. The van der Waals surface area contributed by atoms with Gasteiger partial charge in [0.05, 0.1) is 13.1 Å². The summed E-state index contributed by atoms with van der Waals surface area (Å²) in [5.41, 5.74) is 0. The van der Waals surface area contributed by atoms with Gasteiger partial charge < -0.3 is 19.6 Å². The lowest BCUT2D eigenvalue weighted by Crippen LogP contribution is -2.85. The van der Waals surface area contributed by atoms with Crippen LogP contribution >= 0.6 is 8.60 Å². The molecule has 0 radical (unpaired) electrons. The summed E-state index contributed by atoms with van der Waals surface area (Å²) in [6.07, 6.45) is 4.36. The summed E-state index contributed by atoms with van der Waals surface area (Å²) in [7, 11) is -2.78. The van der Waals surface area contributed by atoms with E-state index in [1.165, 1.54) is 32.4 Å². The van der Waals surface area contributed by atoms with E-state index < -0.39 is 8.60 Å². The Balaban J connectivity index is 0.000000181. The molecule has 2 rings (SSSR count). The van der Waals surface area contributed by atoms with Crippen molar-refractivity contribution in [2.75, 3.05) is 13.1 Å². The second kappa shape index (κ2) is 8.48. The van der Waals surface area contributed by atoms with Crippen molar-refractivity contribution in [3.63, 3.8) is 0 Å². The minimum atomic E-state index is -2.78. The number of para-hydroxylation sites is 1. The van der Waals surface area contributed by atoms with Crippen LogP contribution in [-0.2, 0) is 0 Å². The molecular weight excluding hydrogens is 225 g/mol. The summed E-state index contributed by atoms with van der Waals surface area (Å²) in [4.78, 5) is 20.0. The lowest BCUT2D eigenvalue weighted by Gasteiger charge is -2.29. The monoisotopic (exact) mass is 242 g/mol. The van der Waals surface area contributed by atoms with Crippen LogP contribution in [0, 0.1) is 0 Å². The maximum atomic E-state index is 9.98. The van der Waals surface area contributed by atoms with Crippen molar-refractivity contribution in [2.45, 2.75) is 19.3 Å². The summed E-state index contributed by atoms with van der Waals surface area (Å²) in [5.74, 6) is 0.346.